The number of nitrogens with one attached hydrogen (secondary N) is 1. The van der Waals surface area contributed by atoms with E-state index in [1.165, 1.54) is 0 Å². The Morgan fingerprint density at radius 3 is 2.18 bits per heavy atom. The van der Waals surface area contributed by atoms with Crippen molar-refractivity contribution in [2.45, 2.75) is 52.5 Å². The summed E-state index contributed by atoms with van der Waals surface area (Å²) in [6.07, 6.45) is 2.62. The lowest BCUT2D eigenvalue weighted by Crippen LogP contribution is -2.53. The molecule has 0 rings (SSSR count). The summed E-state index contributed by atoms with van der Waals surface area (Å²) in [6, 6.07) is 0. The van der Waals surface area contributed by atoms with Crippen LogP contribution in [-0.2, 0) is 4.79 Å². The molecule has 0 radical (unpaired) electrons. The molecule has 0 aromatic heterocycles. The van der Waals surface area contributed by atoms with Gasteiger partial charge in [0, 0.05) is 31.6 Å². The first-order chi connectivity index (χ1) is 8.10. The number of carbonyl (C=O) groups is 1. The molecule has 0 spiro atoms. The average molecular weight is 243 g/mol. The van der Waals surface area contributed by atoms with Crippen LogP contribution in [0.2, 0.25) is 0 Å². The van der Waals surface area contributed by atoms with Crippen LogP contribution in [0.4, 0.5) is 0 Å². The second-order valence-electron chi connectivity index (χ2n) is 4.42. The van der Waals surface area contributed by atoms with Gasteiger partial charge in [0.25, 0.3) is 0 Å². The zero-order valence-corrected chi connectivity index (χ0v) is 11.9. The van der Waals surface area contributed by atoms with E-state index < -0.39 is 0 Å². The van der Waals surface area contributed by atoms with Gasteiger partial charge in [-0.3, -0.25) is 9.69 Å². The maximum atomic E-state index is 11.5. The van der Waals surface area contributed by atoms with Crippen LogP contribution in [0, 0.1) is 0 Å². The number of nitrogens with zero attached hydrogens (tertiary/aromatic N) is 1. The molecule has 0 aliphatic carbocycles. The largest absolute Gasteiger partial charge is 0.356 e. The number of likely N-dealkylation sites (N-methyl/N-ethyl adjacent to an activating group) is 1. The Balaban J connectivity index is 4.44. The van der Waals surface area contributed by atoms with Gasteiger partial charge in [-0.05, 0) is 26.3 Å². The molecule has 0 aromatic carbocycles. The van der Waals surface area contributed by atoms with Crippen molar-refractivity contribution in [2.24, 2.45) is 5.73 Å². The Kier molecular flexibility index (Phi) is 8.17. The van der Waals surface area contributed by atoms with E-state index >= 15 is 0 Å². The van der Waals surface area contributed by atoms with Crippen LogP contribution < -0.4 is 11.1 Å². The van der Waals surface area contributed by atoms with E-state index in [9.17, 15) is 4.79 Å². The number of hydrogen-bond acceptors (Lipinski definition) is 3. The number of rotatable bonds is 9. The minimum absolute atomic E-state index is 0.0568. The molecule has 0 atom stereocenters. The van der Waals surface area contributed by atoms with Crippen molar-refractivity contribution >= 4 is 5.91 Å². The van der Waals surface area contributed by atoms with Crippen molar-refractivity contribution in [3.8, 4) is 0 Å². The van der Waals surface area contributed by atoms with E-state index in [0.717, 1.165) is 25.9 Å². The second-order valence-corrected chi connectivity index (χ2v) is 4.42. The standard InChI is InChI=1S/C13H29N3O/c1-5-13(6-2,11-14)16(8-4)10-9-12(17)15-7-3/h5-11,14H2,1-4H3,(H,15,17). The highest BCUT2D eigenvalue weighted by molar-refractivity contribution is 5.75. The summed E-state index contributed by atoms with van der Waals surface area (Å²) in [5.41, 5.74) is 5.98. The summed E-state index contributed by atoms with van der Waals surface area (Å²) in [7, 11) is 0. The van der Waals surface area contributed by atoms with Crippen molar-refractivity contribution in [1.82, 2.24) is 10.2 Å². The van der Waals surface area contributed by atoms with E-state index in [1.54, 1.807) is 0 Å². The van der Waals surface area contributed by atoms with Crippen molar-refractivity contribution in [1.29, 1.82) is 0 Å². The minimum Gasteiger partial charge on any atom is -0.356 e. The molecular weight excluding hydrogens is 214 g/mol. The van der Waals surface area contributed by atoms with Crippen molar-refractivity contribution in [2.75, 3.05) is 26.2 Å². The van der Waals surface area contributed by atoms with Crippen LogP contribution in [0.1, 0.15) is 47.0 Å². The molecule has 0 heterocycles. The van der Waals surface area contributed by atoms with Gasteiger partial charge in [-0.2, -0.15) is 0 Å². The quantitative estimate of drug-likeness (QED) is 0.643. The molecule has 0 saturated heterocycles. The Bertz CT molecular complexity index is 206. The van der Waals surface area contributed by atoms with Gasteiger partial charge in [-0.1, -0.05) is 20.8 Å². The molecule has 1 amide bonds. The predicted octanol–water partition coefficient (Wildman–Crippen LogP) is 1.35. The third-order valence-electron chi connectivity index (χ3n) is 3.73. The lowest BCUT2D eigenvalue weighted by Gasteiger charge is -2.42. The maximum absolute atomic E-state index is 11.5. The molecular formula is C13H29N3O. The van der Waals surface area contributed by atoms with Gasteiger partial charge in [0.15, 0.2) is 0 Å². The van der Waals surface area contributed by atoms with Gasteiger partial charge >= 0.3 is 0 Å². The lowest BCUT2D eigenvalue weighted by molar-refractivity contribution is -0.121. The van der Waals surface area contributed by atoms with Crippen molar-refractivity contribution in [3.63, 3.8) is 0 Å². The van der Waals surface area contributed by atoms with E-state index in [2.05, 4.69) is 31.0 Å². The van der Waals surface area contributed by atoms with E-state index in [0.29, 0.717) is 19.5 Å². The SMILES string of the molecule is CCNC(=O)CCN(CC)C(CC)(CC)CN. The highest BCUT2D eigenvalue weighted by Crippen LogP contribution is 2.22. The van der Waals surface area contributed by atoms with Crippen molar-refractivity contribution < 1.29 is 4.79 Å². The topological polar surface area (TPSA) is 58.4 Å². The lowest BCUT2D eigenvalue weighted by atomic mass is 9.90. The average Bonchev–Trinajstić information content (AvgIpc) is 2.35. The Morgan fingerprint density at radius 1 is 1.24 bits per heavy atom. The van der Waals surface area contributed by atoms with Crippen LogP contribution in [0.5, 0.6) is 0 Å². The number of amides is 1. The molecule has 17 heavy (non-hydrogen) atoms. The van der Waals surface area contributed by atoms with Gasteiger partial charge in [0.05, 0.1) is 0 Å². The number of carbonyl (C=O) groups excluding carboxylic acids is 1. The first-order valence-electron chi connectivity index (χ1n) is 6.81. The number of hydrogen-bond donors (Lipinski definition) is 2. The summed E-state index contributed by atoms with van der Waals surface area (Å²) >= 11 is 0. The molecule has 3 N–H and O–H groups in total. The molecule has 0 fully saturated rings. The third kappa shape index (κ3) is 4.64. The van der Waals surface area contributed by atoms with Gasteiger partial charge in [0.1, 0.15) is 0 Å². The molecule has 0 bridgehead atoms. The van der Waals surface area contributed by atoms with Gasteiger partial charge in [0.2, 0.25) is 5.91 Å². The Labute approximate surface area is 106 Å². The highest BCUT2D eigenvalue weighted by Gasteiger charge is 2.30. The van der Waals surface area contributed by atoms with E-state index in [-0.39, 0.29) is 11.4 Å². The second kappa shape index (κ2) is 8.48. The molecule has 4 nitrogen and oxygen atoms in total. The first kappa shape index (κ1) is 16.4. The fourth-order valence-electron chi connectivity index (χ4n) is 2.37. The van der Waals surface area contributed by atoms with Gasteiger partial charge < -0.3 is 11.1 Å². The summed E-state index contributed by atoms with van der Waals surface area (Å²) in [5.74, 6) is 0.129. The maximum Gasteiger partial charge on any atom is 0.221 e. The van der Waals surface area contributed by atoms with Crippen molar-refractivity contribution in [3.05, 3.63) is 0 Å². The minimum atomic E-state index is 0.0568. The molecule has 4 heteroatoms. The summed E-state index contributed by atoms with van der Waals surface area (Å²) in [6.45, 7) is 11.5. The highest BCUT2D eigenvalue weighted by atomic mass is 16.1. The summed E-state index contributed by atoms with van der Waals surface area (Å²) in [5, 5.41) is 2.83. The first-order valence-corrected chi connectivity index (χ1v) is 6.81. The molecule has 0 aliphatic heterocycles. The summed E-state index contributed by atoms with van der Waals surface area (Å²) in [4.78, 5) is 13.8. The third-order valence-corrected chi connectivity index (χ3v) is 3.73. The fourth-order valence-corrected chi connectivity index (χ4v) is 2.37. The fraction of sp³-hybridized carbons (Fsp3) is 0.923. The monoisotopic (exact) mass is 243 g/mol. The van der Waals surface area contributed by atoms with Crippen LogP contribution in [0.25, 0.3) is 0 Å². The van der Waals surface area contributed by atoms with Crippen LogP contribution in [0.15, 0.2) is 0 Å². The van der Waals surface area contributed by atoms with Gasteiger partial charge in [-0.15, -0.1) is 0 Å². The smallest absolute Gasteiger partial charge is 0.221 e. The zero-order chi connectivity index (χ0) is 13.3. The van der Waals surface area contributed by atoms with Crippen LogP contribution in [-0.4, -0.2) is 42.5 Å². The van der Waals surface area contributed by atoms with Crippen LogP contribution >= 0.6 is 0 Å². The number of nitrogens with two attached hydrogens (primary N) is 1. The molecule has 0 unspecified atom stereocenters. The summed E-state index contributed by atoms with van der Waals surface area (Å²) < 4.78 is 0. The molecule has 0 aliphatic rings. The van der Waals surface area contributed by atoms with Gasteiger partial charge in [-0.25, -0.2) is 0 Å². The predicted molar refractivity (Wildman–Crippen MR) is 72.9 cm³/mol. The van der Waals surface area contributed by atoms with Crippen LogP contribution in [0.3, 0.4) is 0 Å². The van der Waals surface area contributed by atoms with E-state index in [1.807, 2.05) is 6.92 Å². The molecule has 102 valence electrons. The normalized spacial score (nSPS) is 11.9. The molecule has 0 aromatic rings. The molecule has 0 saturated carbocycles. The Morgan fingerprint density at radius 2 is 1.82 bits per heavy atom. The van der Waals surface area contributed by atoms with E-state index in [4.69, 9.17) is 5.73 Å². The Hall–Kier alpha value is -0.610. The zero-order valence-electron chi connectivity index (χ0n) is 11.9.